The van der Waals surface area contributed by atoms with E-state index in [-0.39, 0.29) is 24.4 Å². The van der Waals surface area contributed by atoms with Gasteiger partial charge in [-0.15, -0.1) is 11.3 Å². The molecule has 0 spiro atoms. The van der Waals surface area contributed by atoms with Gasteiger partial charge in [0.1, 0.15) is 18.9 Å². The molecule has 1 aromatic heterocycles. The summed E-state index contributed by atoms with van der Waals surface area (Å²) in [5.41, 5.74) is 1.73. The van der Waals surface area contributed by atoms with E-state index < -0.39 is 0 Å². The molecule has 0 bridgehead atoms. The number of benzene rings is 2. The summed E-state index contributed by atoms with van der Waals surface area (Å²) >= 11 is 11.2. The number of thiophene rings is 1. The Labute approximate surface area is 222 Å². The van der Waals surface area contributed by atoms with E-state index in [1.165, 1.54) is 4.88 Å². The maximum Gasteiger partial charge on any atom is 0.254 e. The van der Waals surface area contributed by atoms with Gasteiger partial charge in [-0.2, -0.15) is 0 Å². The van der Waals surface area contributed by atoms with E-state index in [0.29, 0.717) is 41.9 Å². The fourth-order valence-electron chi connectivity index (χ4n) is 4.47. The number of fused-ring (bicyclic) bond motifs is 1. The molecule has 1 fully saturated rings. The molecular formula is C27H26BrClN2O3S. The van der Waals surface area contributed by atoms with Crippen LogP contribution in [0.1, 0.15) is 39.7 Å². The molecule has 5 nitrogen and oxygen atoms in total. The van der Waals surface area contributed by atoms with E-state index in [0.717, 1.165) is 29.3 Å². The molecule has 1 aliphatic heterocycles. The summed E-state index contributed by atoms with van der Waals surface area (Å²) in [7, 11) is 0. The molecule has 0 unspecified atom stereocenters. The maximum atomic E-state index is 13.7. The molecule has 2 amide bonds. The van der Waals surface area contributed by atoms with Crippen molar-refractivity contribution in [3.63, 3.8) is 0 Å². The van der Waals surface area contributed by atoms with E-state index in [2.05, 4.69) is 27.4 Å². The minimum absolute atomic E-state index is 0.0458. The van der Waals surface area contributed by atoms with Crippen molar-refractivity contribution in [1.82, 2.24) is 9.80 Å². The van der Waals surface area contributed by atoms with Gasteiger partial charge in [-0.3, -0.25) is 9.59 Å². The van der Waals surface area contributed by atoms with Gasteiger partial charge in [0.05, 0.1) is 6.04 Å². The predicted molar refractivity (Wildman–Crippen MR) is 142 cm³/mol. The standard InChI is InChI=1S/C27H26BrClN2O3S/c28-20-3-1-2-19(14-20)27(33)30(15-18-4-5-18)16-26(32)31-12-10-25-23(11-13-35-25)24(31)17-34-22-8-6-21(29)7-9-22/h1-3,6-9,11,13-14,18,24H,4-5,10,12,15-17H2/t24-/m0/s1. The third kappa shape index (κ3) is 5.90. The Morgan fingerprint density at radius 1 is 1.14 bits per heavy atom. The lowest BCUT2D eigenvalue weighted by atomic mass is 10.0. The van der Waals surface area contributed by atoms with Crippen LogP contribution in [-0.4, -0.2) is 47.9 Å². The van der Waals surface area contributed by atoms with Crippen LogP contribution in [0.15, 0.2) is 64.5 Å². The van der Waals surface area contributed by atoms with E-state index in [1.54, 1.807) is 34.4 Å². The first-order valence-corrected chi connectivity index (χ1v) is 13.8. The zero-order valence-corrected chi connectivity index (χ0v) is 22.3. The third-order valence-electron chi connectivity index (χ3n) is 6.50. The largest absolute Gasteiger partial charge is 0.491 e. The minimum atomic E-state index is -0.197. The van der Waals surface area contributed by atoms with Crippen molar-refractivity contribution in [2.45, 2.75) is 25.3 Å². The van der Waals surface area contributed by atoms with Crippen molar-refractivity contribution in [3.05, 3.63) is 85.5 Å². The number of halogens is 2. The van der Waals surface area contributed by atoms with Crippen molar-refractivity contribution in [1.29, 1.82) is 0 Å². The Hall–Kier alpha value is -2.35. The molecule has 182 valence electrons. The van der Waals surface area contributed by atoms with Crippen LogP contribution in [0.2, 0.25) is 5.02 Å². The number of carbonyl (C=O) groups is 2. The number of ether oxygens (including phenoxy) is 1. The Morgan fingerprint density at radius 2 is 1.94 bits per heavy atom. The molecule has 1 saturated carbocycles. The van der Waals surface area contributed by atoms with Crippen molar-refractivity contribution in [3.8, 4) is 5.75 Å². The number of hydrogen-bond donors (Lipinski definition) is 0. The zero-order chi connectivity index (χ0) is 24.4. The van der Waals surface area contributed by atoms with E-state index >= 15 is 0 Å². The zero-order valence-electron chi connectivity index (χ0n) is 19.2. The van der Waals surface area contributed by atoms with Gasteiger partial charge in [0.25, 0.3) is 5.91 Å². The molecule has 3 aromatic rings. The van der Waals surface area contributed by atoms with Gasteiger partial charge in [0, 0.05) is 33.0 Å². The molecule has 1 aliphatic carbocycles. The van der Waals surface area contributed by atoms with Crippen molar-refractivity contribution in [2.24, 2.45) is 5.92 Å². The van der Waals surface area contributed by atoms with Gasteiger partial charge >= 0.3 is 0 Å². The van der Waals surface area contributed by atoms with Crippen LogP contribution in [0, 0.1) is 5.92 Å². The minimum Gasteiger partial charge on any atom is -0.491 e. The van der Waals surface area contributed by atoms with Gasteiger partial charge < -0.3 is 14.5 Å². The van der Waals surface area contributed by atoms with Crippen LogP contribution in [0.4, 0.5) is 0 Å². The fourth-order valence-corrected chi connectivity index (χ4v) is 5.92. The number of nitrogens with zero attached hydrogens (tertiary/aromatic N) is 2. The number of carbonyl (C=O) groups excluding carboxylic acids is 2. The summed E-state index contributed by atoms with van der Waals surface area (Å²) in [6, 6.07) is 16.5. The number of amides is 2. The Kier molecular flexibility index (Phi) is 7.46. The maximum absolute atomic E-state index is 13.7. The molecule has 0 radical (unpaired) electrons. The molecular weight excluding hydrogens is 548 g/mol. The summed E-state index contributed by atoms with van der Waals surface area (Å²) < 4.78 is 6.93. The van der Waals surface area contributed by atoms with E-state index in [1.807, 2.05) is 35.2 Å². The highest BCUT2D eigenvalue weighted by molar-refractivity contribution is 9.10. The first-order valence-electron chi connectivity index (χ1n) is 11.8. The molecule has 2 heterocycles. The predicted octanol–water partition coefficient (Wildman–Crippen LogP) is 6.22. The van der Waals surface area contributed by atoms with Crippen LogP contribution in [0.5, 0.6) is 5.75 Å². The van der Waals surface area contributed by atoms with Gasteiger partial charge in [0.2, 0.25) is 5.91 Å². The lowest BCUT2D eigenvalue weighted by molar-refractivity contribution is -0.135. The average molecular weight is 574 g/mol. The van der Waals surface area contributed by atoms with Crippen molar-refractivity contribution < 1.29 is 14.3 Å². The summed E-state index contributed by atoms with van der Waals surface area (Å²) in [4.78, 5) is 31.9. The normalized spacial score (nSPS) is 17.1. The van der Waals surface area contributed by atoms with Crippen molar-refractivity contribution >= 4 is 50.7 Å². The topological polar surface area (TPSA) is 49.9 Å². The molecule has 8 heteroatoms. The first kappa shape index (κ1) is 24.3. The summed E-state index contributed by atoms with van der Waals surface area (Å²) in [5.74, 6) is 1.04. The quantitative estimate of drug-likeness (QED) is 0.321. The smallest absolute Gasteiger partial charge is 0.254 e. The highest BCUT2D eigenvalue weighted by atomic mass is 79.9. The second-order valence-corrected chi connectivity index (χ2v) is 11.4. The first-order chi connectivity index (χ1) is 17.0. The third-order valence-corrected chi connectivity index (χ3v) is 8.24. The van der Waals surface area contributed by atoms with E-state index in [4.69, 9.17) is 16.3 Å². The van der Waals surface area contributed by atoms with Crippen molar-refractivity contribution in [2.75, 3.05) is 26.2 Å². The molecule has 0 N–H and O–H groups in total. The number of hydrogen-bond acceptors (Lipinski definition) is 4. The Morgan fingerprint density at radius 3 is 2.69 bits per heavy atom. The van der Waals surface area contributed by atoms with Gasteiger partial charge in [-0.05, 0) is 84.7 Å². The summed E-state index contributed by atoms with van der Waals surface area (Å²) in [5, 5.41) is 2.72. The Balaban J connectivity index is 1.34. The van der Waals surface area contributed by atoms with Crippen LogP contribution < -0.4 is 4.74 Å². The highest BCUT2D eigenvalue weighted by Crippen LogP contribution is 2.35. The second kappa shape index (κ2) is 10.7. The van der Waals surface area contributed by atoms with Crippen LogP contribution in [0.25, 0.3) is 0 Å². The van der Waals surface area contributed by atoms with Gasteiger partial charge in [-0.25, -0.2) is 0 Å². The molecule has 2 aliphatic rings. The fraction of sp³-hybridized carbons (Fsp3) is 0.333. The lowest BCUT2D eigenvalue weighted by Gasteiger charge is -2.37. The number of rotatable bonds is 8. The van der Waals surface area contributed by atoms with Crippen LogP contribution in [-0.2, 0) is 11.2 Å². The SMILES string of the molecule is O=C(c1cccc(Br)c1)N(CC(=O)N1CCc2sccc2[C@@H]1COc1ccc(Cl)cc1)CC1CC1. The van der Waals surface area contributed by atoms with E-state index in [9.17, 15) is 9.59 Å². The monoisotopic (exact) mass is 572 g/mol. The summed E-state index contributed by atoms with van der Waals surface area (Å²) in [6.07, 6.45) is 3.03. The highest BCUT2D eigenvalue weighted by Gasteiger charge is 2.35. The second-order valence-electron chi connectivity index (χ2n) is 9.06. The molecule has 5 rings (SSSR count). The Bertz CT molecular complexity index is 1210. The molecule has 35 heavy (non-hydrogen) atoms. The lowest BCUT2D eigenvalue weighted by Crippen LogP contribution is -2.48. The summed E-state index contributed by atoms with van der Waals surface area (Å²) in [6.45, 7) is 1.64. The average Bonchev–Trinajstić information content (AvgIpc) is 3.54. The molecule has 1 atom stereocenters. The van der Waals surface area contributed by atoms with Crippen LogP contribution >= 0.6 is 38.9 Å². The molecule has 0 saturated heterocycles. The molecule has 2 aromatic carbocycles. The van der Waals surface area contributed by atoms with Crippen LogP contribution in [0.3, 0.4) is 0 Å². The van der Waals surface area contributed by atoms with Gasteiger partial charge in [0.15, 0.2) is 0 Å². The van der Waals surface area contributed by atoms with Gasteiger partial charge in [-0.1, -0.05) is 33.6 Å².